The van der Waals surface area contributed by atoms with Crippen LogP contribution in [-0.4, -0.2) is 172 Å². The number of aliphatic hydroxyl groups is 7. The Bertz CT molecular complexity index is 991. The van der Waals surface area contributed by atoms with Gasteiger partial charge < -0.3 is 87.1 Å². The van der Waals surface area contributed by atoms with Crippen molar-refractivity contribution in [2.75, 3.05) is 19.7 Å². The summed E-state index contributed by atoms with van der Waals surface area (Å²) in [5.74, 6) is 0. The molecule has 0 radical (unpaired) electrons. The first-order valence-electron chi connectivity index (χ1n) is 14.1. The van der Waals surface area contributed by atoms with Crippen LogP contribution in [0.2, 0.25) is 0 Å². The van der Waals surface area contributed by atoms with Crippen LogP contribution in [-0.2, 0) is 28.4 Å². The van der Waals surface area contributed by atoms with E-state index >= 15 is 0 Å². The summed E-state index contributed by atoms with van der Waals surface area (Å²) >= 11 is 0. The Labute approximate surface area is 250 Å². The van der Waals surface area contributed by atoms with Gasteiger partial charge in [-0.1, -0.05) is 5.11 Å². The molecule has 0 unspecified atom stereocenters. The van der Waals surface area contributed by atoms with Gasteiger partial charge in [-0.2, -0.15) is 0 Å². The molecular weight excluding hydrogens is 601 g/mol. The van der Waals surface area contributed by atoms with E-state index in [-0.39, 0.29) is 13.0 Å². The zero-order valence-electron chi connectivity index (χ0n) is 23.4. The second-order valence-electron chi connectivity index (χ2n) is 11.3. The summed E-state index contributed by atoms with van der Waals surface area (Å²) in [5, 5.41) is 76.2. The Morgan fingerprint density at radius 2 is 1.32 bits per heavy atom. The van der Waals surface area contributed by atoms with Crippen LogP contribution in [0.4, 0.5) is 4.39 Å². The largest absolute Gasteiger partial charge is 0.394 e. The molecule has 0 aromatic heterocycles. The van der Waals surface area contributed by atoms with Crippen LogP contribution in [0.3, 0.4) is 0 Å². The van der Waals surface area contributed by atoms with E-state index in [9.17, 15) is 40.1 Å². The zero-order valence-corrected chi connectivity index (χ0v) is 23.4. The molecule has 1 aliphatic carbocycles. The maximum absolute atomic E-state index is 14.7. The van der Waals surface area contributed by atoms with Gasteiger partial charge >= 0.3 is 0 Å². The van der Waals surface area contributed by atoms with Crippen molar-refractivity contribution < 1.29 is 68.6 Å². The van der Waals surface area contributed by atoms with Crippen molar-refractivity contribution in [2.24, 2.45) is 28.0 Å². The third-order valence-corrected chi connectivity index (χ3v) is 8.34. The molecule has 0 bridgehead atoms. The Morgan fingerprint density at radius 1 is 0.727 bits per heavy atom. The minimum atomic E-state index is -2.27. The summed E-state index contributed by atoms with van der Waals surface area (Å²) in [5.41, 5.74) is 32.4. The summed E-state index contributed by atoms with van der Waals surface area (Å²) in [7, 11) is 0. The molecule has 44 heavy (non-hydrogen) atoms. The third kappa shape index (κ3) is 7.10. The quantitative estimate of drug-likeness (QED) is 0.0598. The first-order chi connectivity index (χ1) is 20.8. The molecule has 19 atom stereocenters. The van der Waals surface area contributed by atoms with Gasteiger partial charge in [-0.3, -0.25) is 0 Å². The van der Waals surface area contributed by atoms with Crippen LogP contribution in [0.5, 0.6) is 0 Å². The topological polar surface area (TPSA) is 350 Å². The molecule has 21 heteroatoms. The predicted molar refractivity (Wildman–Crippen MR) is 140 cm³/mol. The van der Waals surface area contributed by atoms with Crippen molar-refractivity contribution in [2.45, 2.75) is 123 Å². The van der Waals surface area contributed by atoms with E-state index < -0.39 is 130 Å². The van der Waals surface area contributed by atoms with Crippen LogP contribution in [0.15, 0.2) is 5.11 Å². The van der Waals surface area contributed by atoms with E-state index in [0.29, 0.717) is 0 Å². The van der Waals surface area contributed by atoms with Gasteiger partial charge in [-0.05, 0) is 12.0 Å². The van der Waals surface area contributed by atoms with Gasteiger partial charge in [0.1, 0.15) is 61.0 Å². The number of halogens is 1. The maximum Gasteiger partial charge on any atom is 0.187 e. The van der Waals surface area contributed by atoms with Gasteiger partial charge in [0, 0.05) is 23.5 Å². The van der Waals surface area contributed by atoms with E-state index in [2.05, 4.69) is 10.0 Å². The summed E-state index contributed by atoms with van der Waals surface area (Å²) in [6.45, 7) is -1.38. The van der Waals surface area contributed by atoms with E-state index in [4.69, 9.17) is 56.9 Å². The molecule has 0 aromatic rings. The molecule has 4 rings (SSSR count). The van der Waals surface area contributed by atoms with Crippen LogP contribution in [0.25, 0.3) is 10.4 Å². The minimum Gasteiger partial charge on any atom is -0.394 e. The predicted octanol–water partition coefficient (Wildman–Crippen LogP) is -6.53. The van der Waals surface area contributed by atoms with Gasteiger partial charge in [-0.15, -0.1) is 0 Å². The number of aliphatic hydroxyl groups excluding tert-OH is 7. The third-order valence-electron chi connectivity index (χ3n) is 8.34. The number of azide groups is 1. The molecule has 254 valence electrons. The van der Waals surface area contributed by atoms with E-state index in [1.54, 1.807) is 0 Å². The summed E-state index contributed by atoms with van der Waals surface area (Å²) in [6.07, 6.45) is -25.0. The number of hydrogen-bond acceptors (Lipinski definition) is 18. The fraction of sp³-hybridized carbons (Fsp3) is 1.00. The maximum atomic E-state index is 14.7. The molecule has 0 aromatic carbocycles. The SMILES string of the molecule is [N-]=[N+]=NC[C@H]1O[C@H](O[C@H]2[C@H](O[C@@H]3O[C@H](CO)[C@@H](O[C@H]4O[C@@H](CN)[C@@H](O)[C@H](O)[C@H]4N)[C@H]3O)[C@@H](O)[C@H](N)C[C@@H]2N)[C@H](O)[C@@H](F)[C@@H]1O. The fourth-order valence-corrected chi connectivity index (χ4v) is 5.74. The van der Waals surface area contributed by atoms with Gasteiger partial charge in [-0.25, -0.2) is 4.39 Å². The summed E-state index contributed by atoms with van der Waals surface area (Å²) < 4.78 is 48.8. The van der Waals surface area contributed by atoms with Gasteiger partial charge in [0.05, 0.1) is 31.4 Å². The number of ether oxygens (including phenoxy) is 6. The van der Waals surface area contributed by atoms with Crippen molar-refractivity contribution in [1.82, 2.24) is 0 Å². The van der Waals surface area contributed by atoms with Crippen LogP contribution in [0, 0.1) is 0 Å². The monoisotopic (exact) mass is 643 g/mol. The highest BCUT2D eigenvalue weighted by atomic mass is 19.1. The standard InChI is InChI=1S/C23H42FN7O13/c24-10-13(34)8(3-30-31-29)40-22(15(10)36)42-18-6(27)1-5(26)12(33)20(18)44-23-17(38)19(9(4-32)41-23)43-21-11(28)16(37)14(35)7(2-25)39-21/h5-23,32-38H,1-4,25-28H2/t5-,6+,7+,8-,9-,10+,11-,12+,13-,14-,15-,16-,17-,18-,19-,20-,21-,22-,23+/m1/s1. The highest BCUT2D eigenvalue weighted by molar-refractivity contribution is 5.02. The molecule has 3 heterocycles. The molecule has 4 aliphatic rings. The fourth-order valence-electron chi connectivity index (χ4n) is 5.74. The van der Waals surface area contributed by atoms with Gasteiger partial charge in [0.2, 0.25) is 0 Å². The van der Waals surface area contributed by atoms with E-state index in [0.717, 1.165) is 0 Å². The van der Waals surface area contributed by atoms with Crippen molar-refractivity contribution in [1.29, 1.82) is 0 Å². The van der Waals surface area contributed by atoms with Crippen molar-refractivity contribution in [3.8, 4) is 0 Å². The lowest BCUT2D eigenvalue weighted by Gasteiger charge is -2.46. The molecule has 3 saturated heterocycles. The first kappa shape index (κ1) is 35.4. The van der Waals surface area contributed by atoms with Gasteiger partial charge in [0.25, 0.3) is 0 Å². The molecule has 15 N–H and O–H groups in total. The molecule has 4 fully saturated rings. The van der Waals surface area contributed by atoms with Crippen LogP contribution >= 0.6 is 0 Å². The lowest BCUT2D eigenvalue weighted by Crippen LogP contribution is -2.66. The van der Waals surface area contributed by atoms with Crippen LogP contribution < -0.4 is 22.9 Å². The highest BCUT2D eigenvalue weighted by Gasteiger charge is 2.54. The summed E-state index contributed by atoms with van der Waals surface area (Å²) in [4.78, 5) is 2.54. The molecular formula is C23H42FN7O13. The smallest absolute Gasteiger partial charge is 0.187 e. The molecule has 0 spiro atoms. The molecule has 3 aliphatic heterocycles. The number of hydrogen-bond donors (Lipinski definition) is 11. The lowest BCUT2D eigenvalue weighted by molar-refractivity contribution is -0.323. The Balaban J connectivity index is 1.50. The number of nitrogens with two attached hydrogens (primary N) is 4. The second-order valence-corrected chi connectivity index (χ2v) is 11.3. The zero-order chi connectivity index (χ0) is 32.5. The number of rotatable bonds is 10. The Morgan fingerprint density at radius 3 is 1.95 bits per heavy atom. The average Bonchev–Trinajstić information content (AvgIpc) is 3.30. The van der Waals surface area contributed by atoms with Gasteiger partial charge in [0.15, 0.2) is 25.0 Å². The number of nitrogens with zero attached hydrogens (tertiary/aromatic N) is 3. The Hall–Kier alpha value is -1.44. The van der Waals surface area contributed by atoms with E-state index in [1.165, 1.54) is 0 Å². The lowest BCUT2D eigenvalue weighted by atomic mass is 9.84. The molecule has 1 saturated carbocycles. The van der Waals surface area contributed by atoms with Crippen molar-refractivity contribution in [3.05, 3.63) is 10.4 Å². The minimum absolute atomic E-state index is 0.0230. The summed E-state index contributed by atoms with van der Waals surface area (Å²) in [6, 6.07) is -3.24. The van der Waals surface area contributed by atoms with Crippen molar-refractivity contribution >= 4 is 0 Å². The second kappa shape index (κ2) is 15.0. The first-order valence-corrected chi connectivity index (χ1v) is 14.1. The molecule has 20 nitrogen and oxygen atoms in total. The Kier molecular flexibility index (Phi) is 12.1. The highest BCUT2D eigenvalue weighted by Crippen LogP contribution is 2.34. The molecule has 0 amide bonds. The van der Waals surface area contributed by atoms with Crippen molar-refractivity contribution in [3.63, 3.8) is 0 Å². The number of alkyl halides is 1. The average molecular weight is 644 g/mol. The normalized spacial score (nSPS) is 51.6. The van der Waals surface area contributed by atoms with Crippen LogP contribution in [0.1, 0.15) is 6.42 Å². The van der Waals surface area contributed by atoms with E-state index in [1.807, 2.05) is 0 Å².